The fraction of sp³-hybridized carbons (Fsp3) is 0.176. The van der Waals surface area contributed by atoms with Crippen LogP contribution in [0.5, 0.6) is 0 Å². The van der Waals surface area contributed by atoms with Crippen LogP contribution >= 0.6 is 0 Å². The summed E-state index contributed by atoms with van der Waals surface area (Å²) in [4.78, 5) is 4.22. The van der Waals surface area contributed by atoms with Crippen molar-refractivity contribution in [1.82, 2.24) is 15.2 Å². The summed E-state index contributed by atoms with van der Waals surface area (Å²) in [6.07, 6.45) is 6.00. The smallest absolute Gasteiger partial charge is 0.127 e. The highest BCUT2D eigenvalue weighted by atomic mass is 19.1. The van der Waals surface area contributed by atoms with Crippen LogP contribution in [0.25, 0.3) is 22.4 Å². The molecule has 21 heavy (non-hydrogen) atoms. The van der Waals surface area contributed by atoms with Crippen LogP contribution in [0, 0.1) is 12.7 Å². The van der Waals surface area contributed by atoms with Gasteiger partial charge in [0.25, 0.3) is 0 Å². The lowest BCUT2D eigenvalue weighted by atomic mass is 9.97. The molecule has 0 radical (unpaired) electrons. The van der Waals surface area contributed by atoms with E-state index in [4.69, 9.17) is 0 Å². The van der Waals surface area contributed by atoms with Crippen molar-refractivity contribution in [2.24, 2.45) is 0 Å². The van der Waals surface area contributed by atoms with Gasteiger partial charge in [-0.3, -0.25) is 10.1 Å². The van der Waals surface area contributed by atoms with Gasteiger partial charge >= 0.3 is 0 Å². The number of hydrogen-bond donors (Lipinski definition) is 1. The average Bonchev–Trinajstić information content (AvgIpc) is 2.96. The molecule has 0 unspecified atom stereocenters. The van der Waals surface area contributed by atoms with E-state index in [0.29, 0.717) is 12.0 Å². The fourth-order valence-electron chi connectivity index (χ4n) is 2.56. The lowest BCUT2D eigenvalue weighted by Gasteiger charge is -2.09. The molecule has 0 bridgehead atoms. The van der Waals surface area contributed by atoms with E-state index in [2.05, 4.69) is 15.2 Å². The van der Waals surface area contributed by atoms with Gasteiger partial charge in [0.2, 0.25) is 0 Å². The molecule has 0 aliphatic rings. The molecule has 3 rings (SSSR count). The van der Waals surface area contributed by atoms with E-state index in [0.717, 1.165) is 27.9 Å². The Hall–Kier alpha value is -2.49. The first-order valence-corrected chi connectivity index (χ1v) is 6.94. The van der Waals surface area contributed by atoms with Crippen LogP contribution < -0.4 is 0 Å². The van der Waals surface area contributed by atoms with E-state index in [1.54, 1.807) is 18.5 Å². The van der Waals surface area contributed by atoms with Crippen LogP contribution in [-0.4, -0.2) is 15.2 Å². The van der Waals surface area contributed by atoms with Gasteiger partial charge in [0.15, 0.2) is 0 Å². The summed E-state index contributed by atoms with van der Waals surface area (Å²) in [7, 11) is 0. The van der Waals surface area contributed by atoms with E-state index in [1.165, 1.54) is 6.07 Å². The third kappa shape index (κ3) is 2.44. The SMILES string of the molecule is CCc1c(F)cccc1-c1[nH]ncc1-c1cncc(C)c1. The van der Waals surface area contributed by atoms with Gasteiger partial charge in [0, 0.05) is 29.1 Å². The Balaban J connectivity index is 2.18. The zero-order chi connectivity index (χ0) is 14.8. The third-order valence-corrected chi connectivity index (χ3v) is 3.57. The van der Waals surface area contributed by atoms with E-state index in [1.807, 2.05) is 32.2 Å². The van der Waals surface area contributed by atoms with Gasteiger partial charge in [-0.2, -0.15) is 5.10 Å². The van der Waals surface area contributed by atoms with Gasteiger partial charge < -0.3 is 0 Å². The molecule has 0 spiro atoms. The number of aryl methyl sites for hydroxylation is 1. The van der Waals surface area contributed by atoms with E-state index in [-0.39, 0.29) is 5.82 Å². The van der Waals surface area contributed by atoms with Crippen molar-refractivity contribution in [2.75, 3.05) is 0 Å². The van der Waals surface area contributed by atoms with Crippen LogP contribution in [0.2, 0.25) is 0 Å². The Kier molecular flexibility index (Phi) is 3.52. The number of benzene rings is 1. The predicted molar refractivity (Wildman–Crippen MR) is 81.3 cm³/mol. The highest BCUT2D eigenvalue weighted by Crippen LogP contribution is 2.33. The molecule has 0 amide bonds. The second kappa shape index (κ2) is 5.48. The maximum atomic E-state index is 14.0. The first-order chi connectivity index (χ1) is 10.2. The minimum absolute atomic E-state index is 0.182. The molecule has 2 heterocycles. The molecule has 3 aromatic rings. The first-order valence-electron chi connectivity index (χ1n) is 6.94. The largest absolute Gasteiger partial charge is 0.277 e. The van der Waals surface area contributed by atoms with E-state index >= 15 is 0 Å². The highest BCUT2D eigenvalue weighted by molar-refractivity contribution is 5.81. The molecule has 1 aromatic carbocycles. The zero-order valence-corrected chi connectivity index (χ0v) is 12.0. The van der Waals surface area contributed by atoms with Crippen molar-refractivity contribution in [3.05, 3.63) is 59.8 Å². The van der Waals surface area contributed by atoms with Gasteiger partial charge in [0.05, 0.1) is 11.9 Å². The number of H-pyrrole nitrogens is 1. The van der Waals surface area contributed by atoms with Crippen LogP contribution in [0.3, 0.4) is 0 Å². The first kappa shape index (κ1) is 13.5. The normalized spacial score (nSPS) is 10.8. The van der Waals surface area contributed by atoms with Gasteiger partial charge in [-0.25, -0.2) is 4.39 Å². The van der Waals surface area contributed by atoms with Crippen LogP contribution in [-0.2, 0) is 6.42 Å². The van der Waals surface area contributed by atoms with Crippen molar-refractivity contribution in [3.63, 3.8) is 0 Å². The van der Waals surface area contributed by atoms with Gasteiger partial charge in [-0.1, -0.05) is 19.1 Å². The lowest BCUT2D eigenvalue weighted by Crippen LogP contribution is -1.94. The van der Waals surface area contributed by atoms with Crippen molar-refractivity contribution in [2.45, 2.75) is 20.3 Å². The molecular formula is C17H16FN3. The lowest BCUT2D eigenvalue weighted by molar-refractivity contribution is 0.613. The summed E-state index contributed by atoms with van der Waals surface area (Å²) in [5.41, 5.74) is 5.38. The Labute approximate surface area is 122 Å². The Morgan fingerprint density at radius 2 is 2.00 bits per heavy atom. The Morgan fingerprint density at radius 3 is 2.76 bits per heavy atom. The van der Waals surface area contributed by atoms with Crippen LogP contribution in [0.4, 0.5) is 4.39 Å². The number of nitrogens with one attached hydrogen (secondary N) is 1. The van der Waals surface area contributed by atoms with E-state index in [9.17, 15) is 4.39 Å². The molecular weight excluding hydrogens is 265 g/mol. The van der Waals surface area contributed by atoms with Crippen molar-refractivity contribution in [1.29, 1.82) is 0 Å². The minimum atomic E-state index is -0.182. The predicted octanol–water partition coefficient (Wildman–Crippen LogP) is 4.15. The monoisotopic (exact) mass is 281 g/mol. The summed E-state index contributed by atoms with van der Waals surface area (Å²) < 4.78 is 14.0. The number of aromatic nitrogens is 3. The van der Waals surface area contributed by atoms with Crippen molar-refractivity contribution in [3.8, 4) is 22.4 Å². The molecule has 0 aliphatic heterocycles. The molecule has 4 heteroatoms. The molecule has 0 fully saturated rings. The summed E-state index contributed by atoms with van der Waals surface area (Å²) in [5, 5.41) is 7.13. The summed E-state index contributed by atoms with van der Waals surface area (Å²) in [5.74, 6) is -0.182. The average molecular weight is 281 g/mol. The minimum Gasteiger partial charge on any atom is -0.277 e. The van der Waals surface area contributed by atoms with Crippen LogP contribution in [0.15, 0.2) is 42.9 Å². The standard InChI is InChI=1S/C17H16FN3/c1-3-13-14(5-4-6-16(13)18)17-15(10-20-21-17)12-7-11(2)8-19-9-12/h4-10H,3H2,1-2H3,(H,20,21). The molecule has 3 nitrogen and oxygen atoms in total. The van der Waals surface area contributed by atoms with Crippen LogP contribution in [0.1, 0.15) is 18.1 Å². The number of hydrogen-bond acceptors (Lipinski definition) is 2. The fourth-order valence-corrected chi connectivity index (χ4v) is 2.56. The molecule has 1 N–H and O–H groups in total. The van der Waals surface area contributed by atoms with E-state index < -0.39 is 0 Å². The molecule has 0 atom stereocenters. The number of nitrogens with zero attached hydrogens (tertiary/aromatic N) is 2. The second-order valence-corrected chi connectivity index (χ2v) is 5.03. The second-order valence-electron chi connectivity index (χ2n) is 5.03. The molecule has 2 aromatic heterocycles. The maximum Gasteiger partial charge on any atom is 0.127 e. The Morgan fingerprint density at radius 1 is 1.14 bits per heavy atom. The quantitative estimate of drug-likeness (QED) is 0.783. The Bertz CT molecular complexity index is 777. The van der Waals surface area contributed by atoms with Gasteiger partial charge in [-0.15, -0.1) is 0 Å². The van der Waals surface area contributed by atoms with Gasteiger partial charge in [0.1, 0.15) is 5.82 Å². The topological polar surface area (TPSA) is 41.6 Å². The maximum absolute atomic E-state index is 14.0. The summed E-state index contributed by atoms with van der Waals surface area (Å²) in [6, 6.07) is 7.18. The highest BCUT2D eigenvalue weighted by Gasteiger charge is 2.15. The summed E-state index contributed by atoms with van der Waals surface area (Å²) >= 11 is 0. The molecule has 0 saturated heterocycles. The third-order valence-electron chi connectivity index (χ3n) is 3.57. The van der Waals surface area contributed by atoms with Crippen molar-refractivity contribution >= 4 is 0 Å². The molecule has 0 aliphatic carbocycles. The number of aromatic amines is 1. The van der Waals surface area contributed by atoms with Gasteiger partial charge in [-0.05, 0) is 36.6 Å². The summed E-state index contributed by atoms with van der Waals surface area (Å²) in [6.45, 7) is 3.95. The molecule has 0 saturated carbocycles. The number of halogens is 1. The number of rotatable bonds is 3. The number of pyridine rings is 1. The zero-order valence-electron chi connectivity index (χ0n) is 12.0. The van der Waals surface area contributed by atoms with Crippen molar-refractivity contribution < 1.29 is 4.39 Å². The molecule has 106 valence electrons.